The van der Waals surface area contributed by atoms with Gasteiger partial charge in [0.15, 0.2) is 5.82 Å². The summed E-state index contributed by atoms with van der Waals surface area (Å²) in [6.07, 6.45) is 1.66. The molecule has 5 nitrogen and oxygen atoms in total. The second-order valence-electron chi connectivity index (χ2n) is 2.75. The van der Waals surface area contributed by atoms with Crippen molar-refractivity contribution in [3.63, 3.8) is 0 Å². The Morgan fingerprint density at radius 1 is 1.40 bits per heavy atom. The van der Waals surface area contributed by atoms with Gasteiger partial charge < -0.3 is 5.11 Å². The van der Waals surface area contributed by atoms with Gasteiger partial charge in [-0.3, -0.25) is 10.1 Å². The Bertz CT molecular complexity index is 485. The molecule has 78 valence electrons. The van der Waals surface area contributed by atoms with Crippen molar-refractivity contribution in [2.75, 3.05) is 0 Å². The molecule has 7 heteroatoms. The maximum absolute atomic E-state index is 8.84. The zero-order valence-electron chi connectivity index (χ0n) is 7.41. The van der Waals surface area contributed by atoms with Crippen LogP contribution in [-0.4, -0.2) is 25.3 Å². The van der Waals surface area contributed by atoms with Gasteiger partial charge >= 0.3 is 0 Å². The van der Waals surface area contributed by atoms with Crippen molar-refractivity contribution >= 4 is 31.9 Å². The Balaban J connectivity index is 2.44. The second-order valence-corrected chi connectivity index (χ2v) is 4.52. The van der Waals surface area contributed by atoms with E-state index in [9.17, 15) is 0 Å². The normalized spacial score (nSPS) is 10.6. The number of hydrogen-bond donors (Lipinski definition) is 2. The van der Waals surface area contributed by atoms with Gasteiger partial charge in [0, 0.05) is 15.1 Å². The molecule has 0 spiro atoms. The lowest BCUT2D eigenvalue weighted by Crippen LogP contribution is -1.88. The summed E-state index contributed by atoms with van der Waals surface area (Å²) in [5.74, 6) is 0.875. The van der Waals surface area contributed by atoms with Gasteiger partial charge in [-0.2, -0.15) is 5.10 Å². The second kappa shape index (κ2) is 4.38. The van der Waals surface area contributed by atoms with E-state index >= 15 is 0 Å². The van der Waals surface area contributed by atoms with Crippen LogP contribution in [0.5, 0.6) is 0 Å². The van der Waals surface area contributed by atoms with E-state index < -0.39 is 0 Å². The molecule has 0 aliphatic carbocycles. The molecular formula is C8H6Br2N4O. The number of hydrogen-bond acceptors (Lipinski definition) is 4. The fourth-order valence-electron chi connectivity index (χ4n) is 1.05. The molecule has 0 atom stereocenters. The van der Waals surface area contributed by atoms with E-state index in [2.05, 4.69) is 52.0 Å². The highest BCUT2D eigenvalue weighted by Crippen LogP contribution is 2.25. The third-order valence-corrected chi connectivity index (χ3v) is 2.74. The highest BCUT2D eigenvalue weighted by atomic mass is 79.9. The first-order valence-corrected chi connectivity index (χ1v) is 5.63. The molecule has 0 bridgehead atoms. The van der Waals surface area contributed by atoms with Crippen LogP contribution in [0, 0.1) is 0 Å². The number of aromatic amines is 1. The Kier molecular flexibility index (Phi) is 3.13. The third kappa shape index (κ3) is 2.24. The van der Waals surface area contributed by atoms with Crippen molar-refractivity contribution in [1.29, 1.82) is 0 Å². The molecule has 0 saturated heterocycles. The number of aliphatic hydroxyl groups is 1. The number of aliphatic hydroxyl groups excluding tert-OH is 1. The molecule has 0 amide bonds. The van der Waals surface area contributed by atoms with Gasteiger partial charge in [-0.15, -0.1) is 0 Å². The Morgan fingerprint density at radius 2 is 2.20 bits per heavy atom. The van der Waals surface area contributed by atoms with Crippen LogP contribution in [0.25, 0.3) is 11.5 Å². The molecule has 0 radical (unpaired) electrons. The van der Waals surface area contributed by atoms with Gasteiger partial charge in [0.25, 0.3) is 0 Å². The molecule has 0 fully saturated rings. The largest absolute Gasteiger partial charge is 0.388 e. The van der Waals surface area contributed by atoms with Crippen LogP contribution in [0.15, 0.2) is 21.2 Å². The molecule has 2 aromatic rings. The number of nitrogens with one attached hydrogen (secondary N) is 1. The quantitative estimate of drug-likeness (QED) is 0.880. The molecule has 2 N–H and O–H groups in total. The van der Waals surface area contributed by atoms with Crippen LogP contribution in [-0.2, 0) is 6.61 Å². The van der Waals surface area contributed by atoms with E-state index in [1.807, 2.05) is 6.07 Å². The van der Waals surface area contributed by atoms with Crippen molar-refractivity contribution in [3.05, 3.63) is 27.0 Å². The number of H-pyrrole nitrogens is 1. The number of aromatic nitrogens is 4. The van der Waals surface area contributed by atoms with Gasteiger partial charge in [-0.25, -0.2) is 4.98 Å². The standard InChI is InChI=1S/C8H6Br2N4O/c9-4-1-5(10)7(11-2-4)8-12-6(3-15)13-14-8/h1-2,15H,3H2,(H,12,13,14). The maximum atomic E-state index is 8.84. The van der Waals surface area contributed by atoms with E-state index in [-0.39, 0.29) is 6.61 Å². The van der Waals surface area contributed by atoms with E-state index in [0.29, 0.717) is 17.3 Å². The summed E-state index contributed by atoms with van der Waals surface area (Å²) >= 11 is 6.67. The van der Waals surface area contributed by atoms with E-state index in [0.717, 1.165) is 8.95 Å². The van der Waals surface area contributed by atoms with Crippen LogP contribution in [0.3, 0.4) is 0 Å². The minimum Gasteiger partial charge on any atom is -0.388 e. The Labute approximate surface area is 102 Å². The molecular weight excluding hydrogens is 328 g/mol. The first kappa shape index (κ1) is 10.7. The van der Waals surface area contributed by atoms with Gasteiger partial charge in [0.05, 0.1) is 0 Å². The molecule has 2 rings (SSSR count). The molecule has 2 aromatic heterocycles. The molecule has 0 aliphatic rings. The molecule has 0 aliphatic heterocycles. The summed E-state index contributed by atoms with van der Waals surface area (Å²) < 4.78 is 1.66. The average Bonchev–Trinajstić information content (AvgIpc) is 2.66. The fourth-order valence-corrected chi connectivity index (χ4v) is 2.22. The molecule has 2 heterocycles. The van der Waals surface area contributed by atoms with Crippen molar-refractivity contribution in [2.24, 2.45) is 0 Å². The zero-order chi connectivity index (χ0) is 10.8. The molecule has 0 saturated carbocycles. The van der Waals surface area contributed by atoms with Crippen LogP contribution in [0.2, 0.25) is 0 Å². The van der Waals surface area contributed by atoms with Crippen LogP contribution in [0.4, 0.5) is 0 Å². The summed E-state index contributed by atoms with van der Waals surface area (Å²) in [4.78, 5) is 8.24. The smallest absolute Gasteiger partial charge is 0.201 e. The van der Waals surface area contributed by atoms with Gasteiger partial charge in [0.2, 0.25) is 5.82 Å². The van der Waals surface area contributed by atoms with E-state index in [4.69, 9.17) is 5.11 Å². The summed E-state index contributed by atoms with van der Waals surface area (Å²) in [6, 6.07) is 1.86. The first-order chi connectivity index (χ1) is 7.20. The van der Waals surface area contributed by atoms with Crippen molar-refractivity contribution in [1.82, 2.24) is 20.2 Å². The fraction of sp³-hybridized carbons (Fsp3) is 0.125. The summed E-state index contributed by atoms with van der Waals surface area (Å²) in [7, 11) is 0. The van der Waals surface area contributed by atoms with E-state index in [1.54, 1.807) is 6.20 Å². The lowest BCUT2D eigenvalue weighted by molar-refractivity contribution is 0.272. The lowest BCUT2D eigenvalue weighted by atomic mass is 10.3. The van der Waals surface area contributed by atoms with Crippen LogP contribution in [0.1, 0.15) is 5.82 Å². The summed E-state index contributed by atoms with van der Waals surface area (Å²) in [5, 5.41) is 15.4. The van der Waals surface area contributed by atoms with Crippen molar-refractivity contribution < 1.29 is 5.11 Å². The molecule has 0 aromatic carbocycles. The topological polar surface area (TPSA) is 74.7 Å². The summed E-state index contributed by atoms with van der Waals surface area (Å²) in [5.41, 5.74) is 0.633. The van der Waals surface area contributed by atoms with Crippen LogP contribution < -0.4 is 0 Å². The minimum atomic E-state index is -0.166. The average molecular weight is 334 g/mol. The van der Waals surface area contributed by atoms with Crippen LogP contribution >= 0.6 is 31.9 Å². The number of nitrogens with zero attached hydrogens (tertiary/aromatic N) is 3. The zero-order valence-corrected chi connectivity index (χ0v) is 10.6. The lowest BCUT2D eigenvalue weighted by Gasteiger charge is -1.98. The van der Waals surface area contributed by atoms with Crippen molar-refractivity contribution in [2.45, 2.75) is 6.61 Å². The van der Waals surface area contributed by atoms with Crippen molar-refractivity contribution in [3.8, 4) is 11.5 Å². The minimum absolute atomic E-state index is 0.166. The number of rotatable bonds is 2. The SMILES string of the molecule is OCc1nc(-c2ncc(Br)cc2Br)n[nH]1. The predicted octanol–water partition coefficient (Wildman–Crippen LogP) is 1.88. The first-order valence-electron chi connectivity index (χ1n) is 4.04. The highest BCUT2D eigenvalue weighted by Gasteiger charge is 2.10. The third-order valence-electron chi connectivity index (χ3n) is 1.70. The maximum Gasteiger partial charge on any atom is 0.201 e. The highest BCUT2D eigenvalue weighted by molar-refractivity contribution is 9.11. The number of halogens is 2. The van der Waals surface area contributed by atoms with E-state index in [1.165, 1.54) is 0 Å². The van der Waals surface area contributed by atoms with Gasteiger partial charge in [-0.05, 0) is 37.9 Å². The Hall–Kier alpha value is -0.790. The monoisotopic (exact) mass is 332 g/mol. The van der Waals surface area contributed by atoms with Gasteiger partial charge in [0.1, 0.15) is 12.3 Å². The molecule has 0 unspecified atom stereocenters. The number of pyridine rings is 1. The van der Waals surface area contributed by atoms with Gasteiger partial charge in [-0.1, -0.05) is 0 Å². The predicted molar refractivity (Wildman–Crippen MR) is 60.9 cm³/mol. The molecule has 15 heavy (non-hydrogen) atoms. The summed E-state index contributed by atoms with van der Waals surface area (Å²) in [6.45, 7) is -0.166. The Morgan fingerprint density at radius 3 is 2.80 bits per heavy atom.